The predicted molar refractivity (Wildman–Crippen MR) is 79.7 cm³/mol. The molecule has 1 amide bonds. The highest BCUT2D eigenvalue weighted by atomic mass is 16.5. The van der Waals surface area contributed by atoms with Crippen molar-refractivity contribution in [3.63, 3.8) is 0 Å². The van der Waals surface area contributed by atoms with Gasteiger partial charge in [0.1, 0.15) is 0 Å². The van der Waals surface area contributed by atoms with Crippen molar-refractivity contribution in [2.45, 2.75) is 26.2 Å². The summed E-state index contributed by atoms with van der Waals surface area (Å²) < 4.78 is 5.41. The Morgan fingerprint density at radius 3 is 2.30 bits per heavy atom. The van der Waals surface area contributed by atoms with Crippen LogP contribution in [0.1, 0.15) is 26.2 Å². The van der Waals surface area contributed by atoms with E-state index in [9.17, 15) is 4.79 Å². The van der Waals surface area contributed by atoms with Crippen LogP contribution in [-0.4, -0.2) is 74.7 Å². The molecular formula is C15H29N3O2. The maximum absolute atomic E-state index is 10.8. The number of carbonyl (C=O) groups is 1. The minimum absolute atomic E-state index is 0.0695. The van der Waals surface area contributed by atoms with E-state index < -0.39 is 0 Å². The lowest BCUT2D eigenvalue weighted by Gasteiger charge is -2.35. The van der Waals surface area contributed by atoms with Crippen LogP contribution in [0.25, 0.3) is 0 Å². The summed E-state index contributed by atoms with van der Waals surface area (Å²) in [6, 6.07) is 0. The average molecular weight is 283 g/mol. The Labute approximate surface area is 122 Å². The van der Waals surface area contributed by atoms with Gasteiger partial charge in [0, 0.05) is 59.4 Å². The Kier molecular flexibility index (Phi) is 6.76. The zero-order valence-electron chi connectivity index (χ0n) is 12.8. The van der Waals surface area contributed by atoms with Crippen molar-refractivity contribution in [2.75, 3.05) is 59.0 Å². The largest absolute Gasteiger partial charge is 0.381 e. The molecule has 0 radical (unpaired) electrons. The Morgan fingerprint density at radius 2 is 1.70 bits per heavy atom. The van der Waals surface area contributed by atoms with Gasteiger partial charge in [-0.15, -0.1) is 0 Å². The number of nitrogens with zero attached hydrogens (tertiary/aromatic N) is 2. The van der Waals surface area contributed by atoms with Crippen LogP contribution < -0.4 is 5.32 Å². The van der Waals surface area contributed by atoms with Crippen LogP contribution in [0.2, 0.25) is 0 Å². The lowest BCUT2D eigenvalue weighted by atomic mass is 9.96. The third-order valence-corrected chi connectivity index (χ3v) is 4.46. The standard InChI is InChI=1S/C15H29N3O2/c1-14(19)16-5-7-18-10-8-17(9-11-18)6-2-15-3-12-20-13-4-15/h15H,2-13H2,1H3,(H,16,19). The van der Waals surface area contributed by atoms with Crippen LogP contribution >= 0.6 is 0 Å². The first-order valence-electron chi connectivity index (χ1n) is 8.01. The SMILES string of the molecule is CC(=O)NCCN1CCN(CCC2CCOCC2)CC1. The van der Waals surface area contributed by atoms with E-state index in [2.05, 4.69) is 15.1 Å². The Balaban J connectivity index is 1.53. The van der Waals surface area contributed by atoms with Crippen molar-refractivity contribution in [1.82, 2.24) is 15.1 Å². The van der Waals surface area contributed by atoms with E-state index >= 15 is 0 Å². The van der Waals surface area contributed by atoms with Crippen molar-refractivity contribution in [3.8, 4) is 0 Å². The molecule has 116 valence electrons. The first-order chi connectivity index (χ1) is 9.74. The molecule has 2 heterocycles. The lowest BCUT2D eigenvalue weighted by Crippen LogP contribution is -2.48. The Morgan fingerprint density at radius 1 is 1.10 bits per heavy atom. The van der Waals surface area contributed by atoms with Gasteiger partial charge in [-0.2, -0.15) is 0 Å². The zero-order chi connectivity index (χ0) is 14.2. The molecule has 0 saturated carbocycles. The molecular weight excluding hydrogens is 254 g/mol. The van der Waals surface area contributed by atoms with Gasteiger partial charge in [0.25, 0.3) is 0 Å². The summed E-state index contributed by atoms with van der Waals surface area (Å²) in [5.41, 5.74) is 0. The van der Waals surface area contributed by atoms with Gasteiger partial charge in [-0.1, -0.05) is 0 Å². The summed E-state index contributed by atoms with van der Waals surface area (Å²) in [6.07, 6.45) is 3.82. The second-order valence-electron chi connectivity index (χ2n) is 6.01. The molecule has 20 heavy (non-hydrogen) atoms. The van der Waals surface area contributed by atoms with Crippen LogP contribution in [0.3, 0.4) is 0 Å². The summed E-state index contributed by atoms with van der Waals surface area (Å²) in [6.45, 7) is 11.1. The molecule has 0 aromatic heterocycles. The maximum Gasteiger partial charge on any atom is 0.216 e. The van der Waals surface area contributed by atoms with Crippen LogP contribution in [0.15, 0.2) is 0 Å². The van der Waals surface area contributed by atoms with Gasteiger partial charge in [0.2, 0.25) is 5.91 Å². The lowest BCUT2D eigenvalue weighted by molar-refractivity contribution is -0.119. The fourth-order valence-electron chi connectivity index (χ4n) is 3.03. The monoisotopic (exact) mass is 283 g/mol. The van der Waals surface area contributed by atoms with E-state index in [1.54, 1.807) is 6.92 Å². The molecule has 2 fully saturated rings. The number of rotatable bonds is 6. The molecule has 5 nitrogen and oxygen atoms in total. The van der Waals surface area contributed by atoms with Gasteiger partial charge < -0.3 is 15.0 Å². The molecule has 2 rings (SSSR count). The molecule has 0 bridgehead atoms. The second kappa shape index (κ2) is 8.60. The number of nitrogens with one attached hydrogen (secondary N) is 1. The van der Waals surface area contributed by atoms with E-state index in [0.717, 1.165) is 45.3 Å². The fraction of sp³-hybridized carbons (Fsp3) is 0.933. The fourth-order valence-corrected chi connectivity index (χ4v) is 3.03. The highest BCUT2D eigenvalue weighted by Crippen LogP contribution is 2.19. The van der Waals surface area contributed by atoms with Gasteiger partial charge in [-0.3, -0.25) is 9.69 Å². The number of amides is 1. The minimum atomic E-state index is 0.0695. The van der Waals surface area contributed by atoms with Gasteiger partial charge >= 0.3 is 0 Å². The number of carbonyl (C=O) groups excluding carboxylic acids is 1. The third-order valence-electron chi connectivity index (χ3n) is 4.46. The molecule has 2 aliphatic heterocycles. The van der Waals surface area contributed by atoms with E-state index in [1.807, 2.05) is 0 Å². The molecule has 5 heteroatoms. The van der Waals surface area contributed by atoms with Crippen LogP contribution in [-0.2, 0) is 9.53 Å². The number of hydrogen-bond donors (Lipinski definition) is 1. The number of piperazine rings is 1. The number of ether oxygens (including phenoxy) is 1. The molecule has 2 saturated heterocycles. The Hall–Kier alpha value is -0.650. The summed E-state index contributed by atoms with van der Waals surface area (Å²) in [4.78, 5) is 15.9. The van der Waals surface area contributed by atoms with E-state index in [-0.39, 0.29) is 5.91 Å². The average Bonchev–Trinajstić information content (AvgIpc) is 2.47. The van der Waals surface area contributed by atoms with Crippen molar-refractivity contribution >= 4 is 5.91 Å². The smallest absolute Gasteiger partial charge is 0.216 e. The molecule has 0 aromatic rings. The quantitative estimate of drug-likeness (QED) is 0.773. The predicted octanol–water partition coefficient (Wildman–Crippen LogP) is 0.557. The molecule has 1 N–H and O–H groups in total. The third kappa shape index (κ3) is 5.77. The normalized spacial score (nSPS) is 22.9. The minimum Gasteiger partial charge on any atom is -0.381 e. The van der Waals surface area contributed by atoms with Gasteiger partial charge in [-0.25, -0.2) is 0 Å². The van der Waals surface area contributed by atoms with Crippen LogP contribution in [0, 0.1) is 5.92 Å². The first kappa shape index (κ1) is 15.7. The summed E-state index contributed by atoms with van der Waals surface area (Å²) >= 11 is 0. The van der Waals surface area contributed by atoms with E-state index in [4.69, 9.17) is 4.74 Å². The zero-order valence-corrected chi connectivity index (χ0v) is 12.8. The molecule has 2 aliphatic rings. The highest BCUT2D eigenvalue weighted by molar-refractivity contribution is 5.72. The maximum atomic E-state index is 10.8. The molecule has 0 spiro atoms. The van der Waals surface area contributed by atoms with E-state index in [0.29, 0.717) is 0 Å². The molecule has 0 aromatic carbocycles. The summed E-state index contributed by atoms with van der Waals surface area (Å²) in [5.74, 6) is 0.946. The van der Waals surface area contributed by atoms with Gasteiger partial charge in [0.05, 0.1) is 0 Å². The van der Waals surface area contributed by atoms with Crippen molar-refractivity contribution in [1.29, 1.82) is 0 Å². The number of hydrogen-bond acceptors (Lipinski definition) is 4. The van der Waals surface area contributed by atoms with Crippen molar-refractivity contribution in [3.05, 3.63) is 0 Å². The first-order valence-corrected chi connectivity index (χ1v) is 8.01. The van der Waals surface area contributed by atoms with Crippen molar-refractivity contribution in [2.24, 2.45) is 5.92 Å². The highest BCUT2D eigenvalue weighted by Gasteiger charge is 2.19. The van der Waals surface area contributed by atoms with Gasteiger partial charge in [0.15, 0.2) is 0 Å². The molecule has 0 aliphatic carbocycles. The topological polar surface area (TPSA) is 44.8 Å². The Bertz CT molecular complexity index is 285. The van der Waals surface area contributed by atoms with Crippen LogP contribution in [0.4, 0.5) is 0 Å². The molecule has 0 atom stereocenters. The van der Waals surface area contributed by atoms with E-state index in [1.165, 1.54) is 38.9 Å². The van der Waals surface area contributed by atoms with Gasteiger partial charge in [-0.05, 0) is 31.7 Å². The second-order valence-corrected chi connectivity index (χ2v) is 6.01. The van der Waals surface area contributed by atoms with Crippen molar-refractivity contribution < 1.29 is 9.53 Å². The molecule has 0 unspecified atom stereocenters. The van der Waals surface area contributed by atoms with Crippen LogP contribution in [0.5, 0.6) is 0 Å². The summed E-state index contributed by atoms with van der Waals surface area (Å²) in [5, 5.41) is 2.87. The summed E-state index contributed by atoms with van der Waals surface area (Å²) in [7, 11) is 0.